The number of aryl methyl sites for hydroxylation is 1. The van der Waals surface area contributed by atoms with Gasteiger partial charge in [-0.05, 0) is 24.6 Å². The zero-order valence-electron chi connectivity index (χ0n) is 14.5. The van der Waals surface area contributed by atoms with Crippen molar-refractivity contribution in [2.24, 2.45) is 0 Å². The average Bonchev–Trinajstić information content (AvgIpc) is 2.62. The summed E-state index contributed by atoms with van der Waals surface area (Å²) in [6.07, 6.45) is 0.00781. The number of pyridine rings is 1. The Morgan fingerprint density at radius 2 is 1.73 bits per heavy atom. The summed E-state index contributed by atoms with van der Waals surface area (Å²) in [5.41, 5.74) is 1.03. The number of nitrogens with zero attached hydrogens (tertiary/aromatic N) is 2. The van der Waals surface area contributed by atoms with Crippen LogP contribution in [-0.2, 0) is 11.2 Å². The Labute approximate surface area is 150 Å². The van der Waals surface area contributed by atoms with Crippen LogP contribution in [0, 0.1) is 12.7 Å². The minimum atomic E-state index is -0.390. The molecule has 0 spiro atoms. The molecular weight excluding hydrogens is 337 g/mol. The van der Waals surface area contributed by atoms with E-state index in [4.69, 9.17) is 0 Å². The molecule has 0 saturated carbocycles. The number of aromatic amines is 1. The maximum absolute atomic E-state index is 13.7. The number of piperazine rings is 1. The molecule has 2 aromatic rings. The van der Waals surface area contributed by atoms with E-state index in [1.54, 1.807) is 41.0 Å². The summed E-state index contributed by atoms with van der Waals surface area (Å²) in [5, 5.41) is 0. The van der Waals surface area contributed by atoms with Crippen molar-refractivity contribution in [3.05, 3.63) is 69.4 Å². The zero-order chi connectivity index (χ0) is 18.7. The van der Waals surface area contributed by atoms with Crippen molar-refractivity contribution < 1.29 is 14.0 Å². The summed E-state index contributed by atoms with van der Waals surface area (Å²) >= 11 is 0. The first kappa shape index (κ1) is 17.8. The van der Waals surface area contributed by atoms with Gasteiger partial charge in [-0.2, -0.15) is 0 Å². The van der Waals surface area contributed by atoms with Crippen LogP contribution in [-0.4, -0.2) is 52.8 Å². The van der Waals surface area contributed by atoms with E-state index < -0.39 is 0 Å². The minimum absolute atomic E-state index is 0.00781. The molecule has 1 aromatic carbocycles. The molecular formula is C19H20FN3O3. The van der Waals surface area contributed by atoms with Gasteiger partial charge in [-0.3, -0.25) is 14.4 Å². The number of rotatable bonds is 3. The second-order valence-electron chi connectivity index (χ2n) is 6.36. The second-order valence-corrected chi connectivity index (χ2v) is 6.36. The molecule has 2 amide bonds. The highest BCUT2D eigenvalue weighted by molar-refractivity contribution is 5.94. The first-order valence-electron chi connectivity index (χ1n) is 8.45. The van der Waals surface area contributed by atoms with Gasteiger partial charge in [0.2, 0.25) is 11.5 Å². The van der Waals surface area contributed by atoms with Crippen molar-refractivity contribution in [2.75, 3.05) is 26.2 Å². The Kier molecular flexibility index (Phi) is 5.16. The summed E-state index contributed by atoms with van der Waals surface area (Å²) in [4.78, 5) is 42.3. The van der Waals surface area contributed by atoms with Crippen LogP contribution in [0.3, 0.4) is 0 Å². The second kappa shape index (κ2) is 7.51. The van der Waals surface area contributed by atoms with E-state index in [2.05, 4.69) is 4.98 Å². The van der Waals surface area contributed by atoms with Gasteiger partial charge in [0.1, 0.15) is 5.82 Å². The van der Waals surface area contributed by atoms with Crippen molar-refractivity contribution in [2.45, 2.75) is 13.3 Å². The maximum Gasteiger partial charge on any atom is 0.254 e. The van der Waals surface area contributed by atoms with Crippen LogP contribution in [0.1, 0.15) is 21.6 Å². The smallest absolute Gasteiger partial charge is 0.254 e. The van der Waals surface area contributed by atoms with Crippen LogP contribution in [0.5, 0.6) is 0 Å². The summed E-state index contributed by atoms with van der Waals surface area (Å²) in [7, 11) is 0. The van der Waals surface area contributed by atoms with Gasteiger partial charge in [-0.1, -0.05) is 18.2 Å². The van der Waals surface area contributed by atoms with Crippen molar-refractivity contribution >= 4 is 11.8 Å². The van der Waals surface area contributed by atoms with E-state index in [1.165, 1.54) is 12.1 Å². The summed E-state index contributed by atoms with van der Waals surface area (Å²) in [6, 6.07) is 9.14. The van der Waals surface area contributed by atoms with Crippen LogP contribution in [0.15, 0.2) is 41.2 Å². The third-order valence-corrected chi connectivity index (χ3v) is 4.45. The molecule has 0 atom stereocenters. The predicted molar refractivity (Wildman–Crippen MR) is 94.4 cm³/mol. The number of carbonyl (C=O) groups is 2. The van der Waals surface area contributed by atoms with E-state index in [-0.39, 0.29) is 29.6 Å². The predicted octanol–water partition coefficient (Wildman–Crippen LogP) is 1.35. The first-order valence-corrected chi connectivity index (χ1v) is 8.45. The van der Waals surface area contributed by atoms with Gasteiger partial charge in [-0.15, -0.1) is 0 Å². The number of nitrogens with one attached hydrogen (secondary N) is 1. The monoisotopic (exact) mass is 357 g/mol. The normalized spacial score (nSPS) is 14.4. The van der Waals surface area contributed by atoms with Crippen molar-refractivity contribution in [1.29, 1.82) is 0 Å². The molecule has 0 radical (unpaired) electrons. The Hall–Kier alpha value is -2.96. The van der Waals surface area contributed by atoms with E-state index in [1.807, 2.05) is 0 Å². The van der Waals surface area contributed by atoms with E-state index >= 15 is 0 Å². The fraction of sp³-hybridized carbons (Fsp3) is 0.316. The number of carbonyl (C=O) groups excluding carboxylic acids is 2. The molecule has 1 aromatic heterocycles. The lowest BCUT2D eigenvalue weighted by Crippen LogP contribution is -2.51. The minimum Gasteiger partial charge on any atom is -0.339 e. The Balaban J connectivity index is 1.60. The SMILES string of the molecule is Cc1cc(C(=O)N2CCN(C(=O)Cc3ccccc3F)CC2)cc(=O)[nH]1. The molecule has 1 aliphatic heterocycles. The number of hydrogen-bond donors (Lipinski definition) is 1. The molecule has 1 saturated heterocycles. The number of aromatic nitrogens is 1. The van der Waals surface area contributed by atoms with Gasteiger partial charge in [0, 0.05) is 43.5 Å². The van der Waals surface area contributed by atoms with Gasteiger partial charge in [-0.25, -0.2) is 4.39 Å². The Morgan fingerprint density at radius 1 is 1.08 bits per heavy atom. The van der Waals surface area contributed by atoms with Gasteiger partial charge in [0.25, 0.3) is 5.91 Å². The van der Waals surface area contributed by atoms with Crippen molar-refractivity contribution in [1.82, 2.24) is 14.8 Å². The van der Waals surface area contributed by atoms with Crippen molar-refractivity contribution in [3.8, 4) is 0 Å². The molecule has 3 rings (SSSR count). The molecule has 26 heavy (non-hydrogen) atoms. The third kappa shape index (κ3) is 3.99. The van der Waals surface area contributed by atoms with E-state index in [9.17, 15) is 18.8 Å². The number of amides is 2. The molecule has 136 valence electrons. The molecule has 0 aliphatic carbocycles. The average molecular weight is 357 g/mol. The summed E-state index contributed by atoms with van der Waals surface area (Å²) in [5.74, 6) is -0.770. The topological polar surface area (TPSA) is 73.5 Å². The summed E-state index contributed by atoms with van der Waals surface area (Å²) in [6.45, 7) is 3.27. The van der Waals surface area contributed by atoms with Crippen LogP contribution >= 0.6 is 0 Å². The molecule has 6 nitrogen and oxygen atoms in total. The maximum atomic E-state index is 13.7. The highest BCUT2D eigenvalue weighted by Crippen LogP contribution is 2.12. The van der Waals surface area contributed by atoms with Crippen LogP contribution in [0.25, 0.3) is 0 Å². The lowest BCUT2D eigenvalue weighted by molar-refractivity contribution is -0.132. The Morgan fingerprint density at radius 3 is 2.38 bits per heavy atom. The van der Waals surface area contributed by atoms with Crippen LogP contribution < -0.4 is 5.56 Å². The van der Waals surface area contributed by atoms with E-state index in [0.717, 1.165) is 0 Å². The third-order valence-electron chi connectivity index (χ3n) is 4.45. The quantitative estimate of drug-likeness (QED) is 0.901. The first-order chi connectivity index (χ1) is 12.4. The fourth-order valence-electron chi connectivity index (χ4n) is 3.06. The fourth-order valence-corrected chi connectivity index (χ4v) is 3.06. The summed E-state index contributed by atoms with van der Waals surface area (Å²) < 4.78 is 13.7. The van der Waals surface area contributed by atoms with Crippen molar-refractivity contribution in [3.63, 3.8) is 0 Å². The number of halogens is 1. The Bertz CT molecular complexity index is 886. The highest BCUT2D eigenvalue weighted by Gasteiger charge is 2.25. The number of benzene rings is 1. The largest absolute Gasteiger partial charge is 0.339 e. The molecule has 7 heteroatoms. The van der Waals surface area contributed by atoms with E-state index in [0.29, 0.717) is 43.0 Å². The molecule has 0 bridgehead atoms. The molecule has 1 fully saturated rings. The highest BCUT2D eigenvalue weighted by atomic mass is 19.1. The lowest BCUT2D eigenvalue weighted by atomic mass is 10.1. The number of H-pyrrole nitrogens is 1. The van der Waals surface area contributed by atoms with Crippen LogP contribution in [0.4, 0.5) is 4.39 Å². The van der Waals surface area contributed by atoms with Gasteiger partial charge in [0.15, 0.2) is 0 Å². The number of hydrogen-bond acceptors (Lipinski definition) is 3. The van der Waals surface area contributed by atoms with Crippen LogP contribution in [0.2, 0.25) is 0 Å². The molecule has 1 N–H and O–H groups in total. The standard InChI is InChI=1S/C19H20FN3O3/c1-13-10-15(11-17(24)21-13)19(26)23-8-6-22(7-9-23)18(25)12-14-4-2-3-5-16(14)20/h2-5,10-11H,6-9,12H2,1H3,(H,21,24). The zero-order valence-corrected chi connectivity index (χ0v) is 14.5. The van der Waals surface area contributed by atoms with Gasteiger partial charge < -0.3 is 14.8 Å². The molecule has 0 unspecified atom stereocenters. The van der Waals surface area contributed by atoms with Gasteiger partial charge in [0.05, 0.1) is 6.42 Å². The molecule has 2 heterocycles. The van der Waals surface area contributed by atoms with Gasteiger partial charge >= 0.3 is 0 Å². The lowest BCUT2D eigenvalue weighted by Gasteiger charge is -2.35. The molecule has 1 aliphatic rings.